The van der Waals surface area contributed by atoms with Gasteiger partial charge in [0.1, 0.15) is 11.6 Å². The molecule has 1 N–H and O–H groups in total. The average Bonchev–Trinajstić information content (AvgIpc) is 2.49. The Morgan fingerprint density at radius 3 is 2.62 bits per heavy atom. The Balaban J connectivity index is 0.00000161. The van der Waals surface area contributed by atoms with Crippen molar-refractivity contribution in [2.45, 2.75) is 6.92 Å². The van der Waals surface area contributed by atoms with E-state index in [0.717, 1.165) is 28.0 Å². The molecule has 21 heavy (non-hydrogen) atoms. The number of rotatable bonds is 3. The molecule has 0 unspecified atom stereocenters. The molecule has 0 aliphatic carbocycles. The molecule has 3 aromatic rings. The number of pyridine rings is 1. The van der Waals surface area contributed by atoms with Crippen LogP contribution >= 0.6 is 12.4 Å². The van der Waals surface area contributed by atoms with E-state index in [1.165, 1.54) is 5.56 Å². The predicted octanol–water partition coefficient (Wildman–Crippen LogP) is 4.72. The third-order valence-corrected chi connectivity index (χ3v) is 3.37. The number of fused-ring (bicyclic) bond motifs is 1. The van der Waals surface area contributed by atoms with Gasteiger partial charge in [0.15, 0.2) is 0 Å². The molecule has 0 fully saturated rings. The number of hydrogen-bond donors (Lipinski definition) is 1. The van der Waals surface area contributed by atoms with E-state index >= 15 is 0 Å². The lowest BCUT2D eigenvalue weighted by atomic mass is 10.1. The standard InChI is InChI=1S/C17H16N2O.ClH/c1-12-5-3-4-6-16(12)19-17-15-11-14(20-2)8-7-13(15)9-10-18-17;/h3-11H,1-2H3,(H,18,19);1H. The molecule has 0 saturated heterocycles. The maximum absolute atomic E-state index is 5.30. The average molecular weight is 301 g/mol. The first-order valence-electron chi connectivity index (χ1n) is 6.53. The Hall–Kier alpha value is -2.26. The fourth-order valence-electron chi connectivity index (χ4n) is 2.21. The van der Waals surface area contributed by atoms with Gasteiger partial charge in [-0.2, -0.15) is 0 Å². The first-order chi connectivity index (χ1) is 9.78. The van der Waals surface area contributed by atoms with Crippen LogP contribution in [0.25, 0.3) is 10.8 Å². The molecule has 0 spiro atoms. The lowest BCUT2D eigenvalue weighted by Crippen LogP contribution is -1.96. The molecule has 4 heteroatoms. The minimum atomic E-state index is 0. The summed E-state index contributed by atoms with van der Waals surface area (Å²) in [4.78, 5) is 4.45. The first kappa shape index (κ1) is 15.1. The number of aryl methyl sites for hydroxylation is 1. The van der Waals surface area contributed by atoms with Gasteiger partial charge in [0.25, 0.3) is 0 Å². The van der Waals surface area contributed by atoms with Gasteiger partial charge in [-0.3, -0.25) is 0 Å². The van der Waals surface area contributed by atoms with Crippen molar-refractivity contribution in [3.05, 3.63) is 60.3 Å². The van der Waals surface area contributed by atoms with Crippen molar-refractivity contribution in [3.8, 4) is 5.75 Å². The van der Waals surface area contributed by atoms with E-state index in [0.29, 0.717) is 0 Å². The van der Waals surface area contributed by atoms with E-state index < -0.39 is 0 Å². The van der Waals surface area contributed by atoms with Crippen LogP contribution in [-0.4, -0.2) is 12.1 Å². The zero-order chi connectivity index (χ0) is 13.9. The highest BCUT2D eigenvalue weighted by Crippen LogP contribution is 2.28. The lowest BCUT2D eigenvalue weighted by molar-refractivity contribution is 0.415. The summed E-state index contributed by atoms with van der Waals surface area (Å²) in [6.45, 7) is 2.08. The minimum Gasteiger partial charge on any atom is -0.497 e. The molecule has 1 aromatic heterocycles. The SMILES string of the molecule is COc1ccc2ccnc(Nc3ccccc3C)c2c1.Cl. The van der Waals surface area contributed by atoms with Gasteiger partial charge in [0.2, 0.25) is 0 Å². The van der Waals surface area contributed by atoms with Gasteiger partial charge in [0, 0.05) is 17.3 Å². The van der Waals surface area contributed by atoms with Crippen LogP contribution in [0.2, 0.25) is 0 Å². The predicted molar refractivity (Wildman–Crippen MR) is 90.0 cm³/mol. The number of para-hydroxylation sites is 1. The summed E-state index contributed by atoms with van der Waals surface area (Å²) >= 11 is 0. The molecule has 0 radical (unpaired) electrons. The highest BCUT2D eigenvalue weighted by Gasteiger charge is 2.05. The number of halogens is 1. The number of anilines is 2. The smallest absolute Gasteiger partial charge is 0.138 e. The van der Waals surface area contributed by atoms with Crippen molar-refractivity contribution in [3.63, 3.8) is 0 Å². The second-order valence-electron chi connectivity index (χ2n) is 4.69. The zero-order valence-electron chi connectivity index (χ0n) is 12.0. The van der Waals surface area contributed by atoms with E-state index in [9.17, 15) is 0 Å². The number of aromatic nitrogens is 1. The maximum Gasteiger partial charge on any atom is 0.138 e. The number of methoxy groups -OCH3 is 1. The Morgan fingerprint density at radius 1 is 1.05 bits per heavy atom. The molecule has 0 amide bonds. The van der Waals surface area contributed by atoms with E-state index in [4.69, 9.17) is 4.74 Å². The summed E-state index contributed by atoms with van der Waals surface area (Å²) in [5.41, 5.74) is 2.25. The van der Waals surface area contributed by atoms with Crippen molar-refractivity contribution >= 4 is 34.7 Å². The monoisotopic (exact) mass is 300 g/mol. The largest absolute Gasteiger partial charge is 0.497 e. The van der Waals surface area contributed by atoms with Crippen LogP contribution in [0.4, 0.5) is 11.5 Å². The molecule has 2 aromatic carbocycles. The molecule has 3 rings (SSSR count). The molecule has 0 atom stereocenters. The van der Waals surface area contributed by atoms with Crippen LogP contribution in [0, 0.1) is 6.92 Å². The van der Waals surface area contributed by atoms with Crippen LogP contribution in [0.5, 0.6) is 5.75 Å². The van der Waals surface area contributed by atoms with E-state index in [-0.39, 0.29) is 12.4 Å². The molecule has 3 nitrogen and oxygen atoms in total. The van der Waals surface area contributed by atoms with Crippen LogP contribution in [0.3, 0.4) is 0 Å². The van der Waals surface area contributed by atoms with Gasteiger partial charge in [-0.1, -0.05) is 24.3 Å². The summed E-state index contributed by atoms with van der Waals surface area (Å²) in [7, 11) is 1.67. The summed E-state index contributed by atoms with van der Waals surface area (Å²) in [5.74, 6) is 1.68. The fraction of sp³-hybridized carbons (Fsp3) is 0.118. The van der Waals surface area contributed by atoms with Crippen molar-refractivity contribution < 1.29 is 4.74 Å². The van der Waals surface area contributed by atoms with Gasteiger partial charge >= 0.3 is 0 Å². The second-order valence-corrected chi connectivity index (χ2v) is 4.69. The van der Waals surface area contributed by atoms with E-state index in [1.807, 2.05) is 42.6 Å². The Labute approximate surface area is 130 Å². The van der Waals surface area contributed by atoms with Crippen LogP contribution in [0.15, 0.2) is 54.7 Å². The van der Waals surface area contributed by atoms with Crippen LogP contribution < -0.4 is 10.1 Å². The lowest BCUT2D eigenvalue weighted by Gasteiger charge is -2.11. The quantitative estimate of drug-likeness (QED) is 0.760. The van der Waals surface area contributed by atoms with Crippen molar-refractivity contribution in [2.75, 3.05) is 12.4 Å². The zero-order valence-corrected chi connectivity index (χ0v) is 12.8. The highest BCUT2D eigenvalue weighted by atomic mass is 35.5. The third-order valence-electron chi connectivity index (χ3n) is 3.37. The van der Waals surface area contributed by atoms with Crippen LogP contribution in [0.1, 0.15) is 5.56 Å². The summed E-state index contributed by atoms with van der Waals surface area (Å²) in [6, 6.07) is 16.2. The number of ether oxygens (including phenoxy) is 1. The number of benzene rings is 2. The number of hydrogen-bond acceptors (Lipinski definition) is 3. The molecule has 108 valence electrons. The first-order valence-corrected chi connectivity index (χ1v) is 6.53. The van der Waals surface area contributed by atoms with Crippen LogP contribution in [-0.2, 0) is 0 Å². The Kier molecular flexibility index (Phi) is 4.66. The highest BCUT2D eigenvalue weighted by molar-refractivity contribution is 5.94. The third kappa shape index (κ3) is 3.09. The molecule has 0 aliphatic rings. The molecular formula is C17H17ClN2O. The molecule has 0 bridgehead atoms. The summed E-state index contributed by atoms with van der Waals surface area (Å²) < 4.78 is 5.30. The van der Waals surface area contributed by atoms with Crippen molar-refractivity contribution in [2.24, 2.45) is 0 Å². The molecule has 1 heterocycles. The fourth-order valence-corrected chi connectivity index (χ4v) is 2.21. The molecule has 0 saturated carbocycles. The summed E-state index contributed by atoms with van der Waals surface area (Å²) in [6.07, 6.45) is 1.81. The topological polar surface area (TPSA) is 34.1 Å². The number of nitrogens with one attached hydrogen (secondary N) is 1. The van der Waals surface area contributed by atoms with Gasteiger partial charge in [-0.15, -0.1) is 12.4 Å². The van der Waals surface area contributed by atoms with Crippen molar-refractivity contribution in [1.82, 2.24) is 4.98 Å². The van der Waals surface area contributed by atoms with E-state index in [1.54, 1.807) is 7.11 Å². The van der Waals surface area contributed by atoms with Gasteiger partial charge in [-0.25, -0.2) is 4.98 Å². The molecular weight excluding hydrogens is 284 g/mol. The molecule has 0 aliphatic heterocycles. The normalized spacial score (nSPS) is 10.0. The summed E-state index contributed by atoms with van der Waals surface area (Å²) in [5, 5.41) is 5.59. The minimum absolute atomic E-state index is 0. The number of nitrogens with zero attached hydrogens (tertiary/aromatic N) is 1. The van der Waals surface area contributed by atoms with Gasteiger partial charge < -0.3 is 10.1 Å². The maximum atomic E-state index is 5.30. The Bertz CT molecular complexity index is 759. The van der Waals surface area contributed by atoms with E-state index in [2.05, 4.69) is 29.4 Å². The Morgan fingerprint density at radius 2 is 1.86 bits per heavy atom. The van der Waals surface area contributed by atoms with Crippen molar-refractivity contribution in [1.29, 1.82) is 0 Å². The van der Waals surface area contributed by atoms with Gasteiger partial charge in [-0.05, 0) is 42.1 Å². The van der Waals surface area contributed by atoms with Gasteiger partial charge in [0.05, 0.1) is 7.11 Å². The second kappa shape index (κ2) is 6.46.